The lowest BCUT2D eigenvalue weighted by molar-refractivity contribution is 1.24. The van der Waals surface area contributed by atoms with Gasteiger partial charge in [0.2, 0.25) is 0 Å². The lowest BCUT2D eigenvalue weighted by atomic mass is 10.1. The Morgan fingerprint density at radius 2 is 0.348 bits per heavy atom. The van der Waals surface area contributed by atoms with Crippen LogP contribution in [0.15, 0.2) is 376 Å². The number of pyridine rings is 2. The number of aromatic nitrogens is 2. The molecule has 0 fully saturated rings. The van der Waals surface area contributed by atoms with Gasteiger partial charge in [0, 0.05) is 114 Å². The van der Waals surface area contributed by atoms with Gasteiger partial charge in [0.1, 0.15) is 0 Å². The molecular formula is C84H62N8. The highest BCUT2D eigenvalue weighted by Gasteiger charge is 2.23. The van der Waals surface area contributed by atoms with Crippen LogP contribution in [0.4, 0.5) is 102 Å². The number of anilines is 18. The van der Waals surface area contributed by atoms with Gasteiger partial charge in [0.25, 0.3) is 0 Å². The smallest absolute Gasteiger partial charge is 0.0723 e. The van der Waals surface area contributed by atoms with Crippen LogP contribution in [0.2, 0.25) is 0 Å². The average Bonchev–Trinajstić information content (AvgIpc) is 1.05. The van der Waals surface area contributed by atoms with Crippen LogP contribution in [0.5, 0.6) is 0 Å². The van der Waals surface area contributed by atoms with Crippen molar-refractivity contribution in [3.05, 3.63) is 376 Å². The first-order chi connectivity index (χ1) is 45.7. The Labute approximate surface area is 536 Å². The zero-order valence-electron chi connectivity index (χ0n) is 50.4. The molecule has 0 radical (unpaired) electrons. The van der Waals surface area contributed by atoms with Crippen LogP contribution >= 0.6 is 0 Å². The molecule has 0 saturated heterocycles. The standard InChI is InChI=1S/C84H62N8/c1-7-23-63(24-8-1)87(71-44-48-73(49-45-71)89(65-27-11-3-12-28-65)75-52-56-77(57-53-75)91(67-31-15-5-16-32-67)83-39-21-38-82-80(83)36-22-61-85-82)69-40-42-70(43-41-69)88(64-25-9-2-10-26-64)72-46-50-74(51-47-72)90(66-29-13-4-14-30-66)76-54-58-78(59-55-76)92(68-33-17-6-18-34-68)84-60-62-86-81-37-20-19-35-79(81)84/h1-62H. The number of rotatable bonds is 18. The zero-order chi connectivity index (χ0) is 61.4. The second kappa shape index (κ2) is 25.7. The Hall–Kier alpha value is -12.5. The number of benzene rings is 13. The first-order valence-electron chi connectivity index (χ1n) is 31.0. The molecule has 0 aliphatic heterocycles. The van der Waals surface area contributed by atoms with Gasteiger partial charge in [-0.15, -0.1) is 0 Å². The lowest BCUT2D eigenvalue weighted by Crippen LogP contribution is -2.14. The fraction of sp³-hybridized carbons (Fsp3) is 0. The molecular weight excluding hydrogens is 1120 g/mol. The number of fused-ring (bicyclic) bond motifs is 2. The van der Waals surface area contributed by atoms with E-state index < -0.39 is 0 Å². The lowest BCUT2D eigenvalue weighted by Gasteiger charge is -2.30. The van der Waals surface area contributed by atoms with Gasteiger partial charge in [-0.3, -0.25) is 9.97 Å². The molecule has 0 bridgehead atoms. The molecule has 8 nitrogen and oxygen atoms in total. The second-order valence-corrected chi connectivity index (χ2v) is 22.3. The molecule has 438 valence electrons. The number of nitrogens with zero attached hydrogens (tertiary/aromatic N) is 8. The fourth-order valence-electron chi connectivity index (χ4n) is 12.4. The topological polar surface area (TPSA) is 45.2 Å². The van der Waals surface area contributed by atoms with Crippen molar-refractivity contribution in [2.45, 2.75) is 0 Å². The summed E-state index contributed by atoms with van der Waals surface area (Å²) >= 11 is 0. The van der Waals surface area contributed by atoms with Gasteiger partial charge >= 0.3 is 0 Å². The van der Waals surface area contributed by atoms with E-state index in [-0.39, 0.29) is 0 Å². The molecule has 15 rings (SSSR count). The maximum atomic E-state index is 4.70. The Balaban J connectivity index is 0.736. The predicted molar refractivity (Wildman–Crippen MR) is 385 cm³/mol. The van der Waals surface area contributed by atoms with E-state index in [1.807, 2.05) is 24.5 Å². The molecule has 0 saturated carbocycles. The van der Waals surface area contributed by atoms with Crippen LogP contribution in [-0.2, 0) is 0 Å². The van der Waals surface area contributed by atoms with Crippen molar-refractivity contribution in [3.63, 3.8) is 0 Å². The first-order valence-corrected chi connectivity index (χ1v) is 31.0. The highest BCUT2D eigenvalue weighted by molar-refractivity contribution is 5.99. The largest absolute Gasteiger partial charge is 0.311 e. The van der Waals surface area contributed by atoms with Crippen LogP contribution in [0.3, 0.4) is 0 Å². The van der Waals surface area contributed by atoms with E-state index in [1.54, 1.807) is 0 Å². The summed E-state index contributed by atoms with van der Waals surface area (Å²) in [6.45, 7) is 0. The highest BCUT2D eigenvalue weighted by atomic mass is 15.2. The second-order valence-electron chi connectivity index (χ2n) is 22.3. The fourth-order valence-corrected chi connectivity index (χ4v) is 12.4. The van der Waals surface area contributed by atoms with Gasteiger partial charge in [0.15, 0.2) is 0 Å². The van der Waals surface area contributed by atoms with Crippen molar-refractivity contribution in [1.82, 2.24) is 9.97 Å². The summed E-state index contributed by atoms with van der Waals surface area (Å²) in [5.41, 5.74) is 20.7. The molecule has 0 N–H and O–H groups in total. The van der Waals surface area contributed by atoms with Gasteiger partial charge in [-0.2, -0.15) is 0 Å². The van der Waals surface area contributed by atoms with Crippen LogP contribution in [0.1, 0.15) is 0 Å². The van der Waals surface area contributed by atoms with E-state index in [1.165, 1.54) is 0 Å². The monoisotopic (exact) mass is 1180 g/mol. The van der Waals surface area contributed by atoms with E-state index in [0.29, 0.717) is 0 Å². The number of hydrogen-bond acceptors (Lipinski definition) is 8. The van der Waals surface area contributed by atoms with E-state index in [0.717, 1.165) is 124 Å². The zero-order valence-corrected chi connectivity index (χ0v) is 50.4. The van der Waals surface area contributed by atoms with Crippen LogP contribution < -0.4 is 29.4 Å². The molecule has 0 atom stereocenters. The molecule has 0 aliphatic carbocycles. The quantitative estimate of drug-likeness (QED) is 0.0842. The minimum Gasteiger partial charge on any atom is -0.311 e. The molecule has 0 spiro atoms. The van der Waals surface area contributed by atoms with Crippen LogP contribution in [0, 0.1) is 0 Å². The average molecular weight is 1180 g/mol. The molecule has 0 aliphatic rings. The van der Waals surface area contributed by atoms with Crippen molar-refractivity contribution in [3.8, 4) is 0 Å². The number of hydrogen-bond donors (Lipinski definition) is 0. The van der Waals surface area contributed by atoms with Gasteiger partial charge in [0.05, 0.1) is 22.4 Å². The summed E-state index contributed by atoms with van der Waals surface area (Å²) in [4.78, 5) is 23.3. The third-order valence-corrected chi connectivity index (χ3v) is 16.6. The molecule has 15 aromatic rings. The molecule has 8 heteroatoms. The normalized spacial score (nSPS) is 11.0. The van der Waals surface area contributed by atoms with E-state index in [9.17, 15) is 0 Å². The summed E-state index contributed by atoms with van der Waals surface area (Å²) < 4.78 is 0. The van der Waals surface area contributed by atoms with E-state index in [4.69, 9.17) is 9.97 Å². The summed E-state index contributed by atoms with van der Waals surface area (Å²) in [5, 5.41) is 2.17. The van der Waals surface area contributed by atoms with Crippen molar-refractivity contribution in [1.29, 1.82) is 0 Å². The summed E-state index contributed by atoms with van der Waals surface area (Å²) in [7, 11) is 0. The van der Waals surface area contributed by atoms with E-state index in [2.05, 4.69) is 381 Å². The highest BCUT2D eigenvalue weighted by Crippen LogP contribution is 2.46. The van der Waals surface area contributed by atoms with Gasteiger partial charge < -0.3 is 29.4 Å². The Kier molecular flexibility index (Phi) is 15.6. The van der Waals surface area contributed by atoms with Crippen LogP contribution in [0.25, 0.3) is 21.8 Å². The SMILES string of the molecule is c1ccc(N(c2ccc(N(c3ccccc3)c3ccc(N(c4ccccc4)c4ccc(N(c5ccccc5)c5ccnc6ccccc56)cc4)cc3)cc2)c2ccc(N(c3ccccc3)c3ccc(N(c4ccccc4)c4cccc5ncccc45)cc3)cc2)cc1. The maximum absolute atomic E-state index is 4.70. The van der Waals surface area contributed by atoms with Crippen molar-refractivity contribution < 1.29 is 0 Å². The third-order valence-electron chi connectivity index (χ3n) is 16.6. The van der Waals surface area contributed by atoms with Crippen LogP contribution in [-0.4, -0.2) is 9.97 Å². The minimum atomic E-state index is 0.951. The van der Waals surface area contributed by atoms with Gasteiger partial charge in [-0.05, 0) is 231 Å². The summed E-state index contributed by atoms with van der Waals surface area (Å²) in [6.07, 6.45) is 3.74. The minimum absolute atomic E-state index is 0.951. The van der Waals surface area contributed by atoms with Crippen molar-refractivity contribution in [2.24, 2.45) is 0 Å². The van der Waals surface area contributed by atoms with Gasteiger partial charge in [-0.25, -0.2) is 0 Å². The molecule has 2 heterocycles. The number of para-hydroxylation sites is 7. The summed E-state index contributed by atoms with van der Waals surface area (Å²) in [6, 6.07) is 129. The van der Waals surface area contributed by atoms with Crippen molar-refractivity contribution >= 4 is 124 Å². The molecule has 13 aromatic carbocycles. The maximum Gasteiger partial charge on any atom is 0.0723 e. The van der Waals surface area contributed by atoms with Crippen molar-refractivity contribution in [2.75, 3.05) is 29.4 Å². The summed E-state index contributed by atoms with van der Waals surface area (Å²) in [5.74, 6) is 0. The first kappa shape index (κ1) is 56.0. The van der Waals surface area contributed by atoms with Gasteiger partial charge in [-0.1, -0.05) is 133 Å². The molecule has 2 aromatic heterocycles. The third kappa shape index (κ3) is 11.4. The molecule has 92 heavy (non-hydrogen) atoms. The Morgan fingerprint density at radius 3 is 0.652 bits per heavy atom. The Bertz CT molecular complexity index is 4570. The molecule has 0 unspecified atom stereocenters. The predicted octanol–water partition coefficient (Wildman–Crippen LogP) is 23.6. The Morgan fingerprint density at radius 1 is 0.141 bits per heavy atom. The van der Waals surface area contributed by atoms with E-state index >= 15 is 0 Å². The molecule has 0 amide bonds.